The standard InChI is InChI=1S/C18H24N2O2/c1-5-7-17-13(3)19-20(14(17)4)18(21)12-22-16-10-8-15(6-2)9-11-16/h8-11H,5-7,12H2,1-4H3. The van der Waals surface area contributed by atoms with Crippen LogP contribution in [-0.2, 0) is 12.8 Å². The van der Waals surface area contributed by atoms with Crippen LogP contribution in [0.2, 0.25) is 0 Å². The molecule has 0 N–H and O–H groups in total. The first-order chi connectivity index (χ1) is 10.6. The van der Waals surface area contributed by atoms with Gasteiger partial charge in [0, 0.05) is 5.69 Å². The van der Waals surface area contributed by atoms with E-state index in [1.54, 1.807) is 0 Å². The molecule has 0 atom stereocenters. The van der Waals surface area contributed by atoms with Crippen LogP contribution in [0.1, 0.15) is 47.6 Å². The van der Waals surface area contributed by atoms with Crippen molar-refractivity contribution < 1.29 is 9.53 Å². The molecule has 118 valence electrons. The number of rotatable bonds is 6. The minimum Gasteiger partial charge on any atom is -0.484 e. The van der Waals surface area contributed by atoms with E-state index >= 15 is 0 Å². The number of hydrogen-bond donors (Lipinski definition) is 0. The molecule has 0 unspecified atom stereocenters. The van der Waals surface area contributed by atoms with Gasteiger partial charge in [0.05, 0.1) is 5.69 Å². The first kappa shape index (κ1) is 16.3. The van der Waals surface area contributed by atoms with Crippen LogP contribution in [0, 0.1) is 13.8 Å². The van der Waals surface area contributed by atoms with Gasteiger partial charge in [0.25, 0.3) is 5.91 Å². The van der Waals surface area contributed by atoms with Gasteiger partial charge in [-0.15, -0.1) is 0 Å². The third-order valence-electron chi connectivity index (χ3n) is 3.87. The Hall–Kier alpha value is -2.10. The molecule has 0 spiro atoms. The molecule has 1 aromatic heterocycles. The molecule has 2 aromatic rings. The second kappa shape index (κ2) is 7.25. The molecule has 0 aliphatic heterocycles. The summed E-state index contributed by atoms with van der Waals surface area (Å²) in [5, 5.41) is 4.36. The van der Waals surface area contributed by atoms with Gasteiger partial charge in [-0.1, -0.05) is 32.4 Å². The molecule has 2 rings (SSSR count). The van der Waals surface area contributed by atoms with Crippen molar-refractivity contribution in [1.82, 2.24) is 9.78 Å². The van der Waals surface area contributed by atoms with Crippen LogP contribution in [0.5, 0.6) is 5.75 Å². The van der Waals surface area contributed by atoms with Gasteiger partial charge >= 0.3 is 0 Å². The Morgan fingerprint density at radius 2 is 1.86 bits per heavy atom. The summed E-state index contributed by atoms with van der Waals surface area (Å²) < 4.78 is 7.05. The van der Waals surface area contributed by atoms with E-state index in [-0.39, 0.29) is 12.5 Å². The van der Waals surface area contributed by atoms with Crippen LogP contribution in [0.4, 0.5) is 0 Å². The summed E-state index contributed by atoms with van der Waals surface area (Å²) in [6.07, 6.45) is 2.98. The zero-order valence-corrected chi connectivity index (χ0v) is 13.8. The summed E-state index contributed by atoms with van der Waals surface area (Å²) in [6.45, 7) is 8.13. The molecule has 0 amide bonds. The summed E-state index contributed by atoms with van der Waals surface area (Å²) >= 11 is 0. The second-order valence-corrected chi connectivity index (χ2v) is 5.49. The predicted molar refractivity (Wildman–Crippen MR) is 87.6 cm³/mol. The third-order valence-corrected chi connectivity index (χ3v) is 3.87. The molecule has 0 saturated carbocycles. The number of nitrogens with zero attached hydrogens (tertiary/aromatic N) is 2. The number of carbonyl (C=O) groups excluding carboxylic acids is 1. The highest BCUT2D eigenvalue weighted by Crippen LogP contribution is 2.16. The van der Waals surface area contributed by atoms with Gasteiger partial charge in [-0.2, -0.15) is 5.10 Å². The molecule has 0 fully saturated rings. The van der Waals surface area contributed by atoms with E-state index in [1.807, 2.05) is 38.1 Å². The molecule has 22 heavy (non-hydrogen) atoms. The van der Waals surface area contributed by atoms with Crippen molar-refractivity contribution in [1.29, 1.82) is 0 Å². The summed E-state index contributed by atoms with van der Waals surface area (Å²) in [7, 11) is 0. The number of aryl methyl sites for hydroxylation is 2. The average molecular weight is 300 g/mol. The normalized spacial score (nSPS) is 10.7. The molecule has 0 aliphatic rings. The number of benzene rings is 1. The highest BCUT2D eigenvalue weighted by atomic mass is 16.5. The SMILES string of the molecule is CCCc1c(C)nn(C(=O)COc2ccc(CC)cc2)c1C. The molecular formula is C18H24N2O2. The fourth-order valence-corrected chi connectivity index (χ4v) is 2.56. The first-order valence-electron chi connectivity index (χ1n) is 7.86. The molecule has 0 saturated heterocycles. The van der Waals surface area contributed by atoms with Gasteiger partial charge in [-0.3, -0.25) is 4.79 Å². The molecule has 4 heteroatoms. The Bertz CT molecular complexity index is 642. The lowest BCUT2D eigenvalue weighted by Crippen LogP contribution is -2.21. The predicted octanol–water partition coefficient (Wildman–Crippen LogP) is 3.73. The van der Waals surface area contributed by atoms with Crippen molar-refractivity contribution in [3.8, 4) is 5.75 Å². The molecule has 1 aromatic carbocycles. The molecule has 0 aliphatic carbocycles. The maximum Gasteiger partial charge on any atom is 0.284 e. The van der Waals surface area contributed by atoms with E-state index in [1.165, 1.54) is 15.8 Å². The van der Waals surface area contributed by atoms with E-state index in [0.29, 0.717) is 5.75 Å². The summed E-state index contributed by atoms with van der Waals surface area (Å²) in [4.78, 5) is 12.3. The topological polar surface area (TPSA) is 44.1 Å². The quantitative estimate of drug-likeness (QED) is 0.816. The zero-order valence-electron chi connectivity index (χ0n) is 13.8. The number of hydrogen-bond acceptors (Lipinski definition) is 3. The zero-order chi connectivity index (χ0) is 16.1. The van der Waals surface area contributed by atoms with Crippen molar-refractivity contribution in [2.45, 2.75) is 47.0 Å². The molecule has 1 heterocycles. The van der Waals surface area contributed by atoms with E-state index in [4.69, 9.17) is 4.74 Å². The van der Waals surface area contributed by atoms with Crippen LogP contribution in [0.25, 0.3) is 0 Å². The van der Waals surface area contributed by atoms with E-state index < -0.39 is 0 Å². The minimum atomic E-state index is -0.137. The first-order valence-corrected chi connectivity index (χ1v) is 7.86. The Balaban J connectivity index is 2.04. The lowest BCUT2D eigenvalue weighted by atomic mass is 10.1. The molecular weight excluding hydrogens is 276 g/mol. The highest BCUT2D eigenvalue weighted by Gasteiger charge is 2.16. The molecule has 0 radical (unpaired) electrons. The Morgan fingerprint density at radius 3 is 2.45 bits per heavy atom. The summed E-state index contributed by atoms with van der Waals surface area (Å²) in [6, 6.07) is 7.83. The van der Waals surface area contributed by atoms with Crippen LogP contribution >= 0.6 is 0 Å². The van der Waals surface area contributed by atoms with E-state index in [0.717, 1.165) is 30.7 Å². The number of carbonyl (C=O) groups is 1. The van der Waals surface area contributed by atoms with Crippen LogP contribution in [0.15, 0.2) is 24.3 Å². The second-order valence-electron chi connectivity index (χ2n) is 5.49. The Morgan fingerprint density at radius 1 is 1.18 bits per heavy atom. The van der Waals surface area contributed by atoms with Gasteiger partial charge < -0.3 is 4.74 Å². The minimum absolute atomic E-state index is 0.000995. The maximum absolute atomic E-state index is 12.3. The van der Waals surface area contributed by atoms with Gasteiger partial charge in [-0.05, 0) is 49.9 Å². The third kappa shape index (κ3) is 3.56. The van der Waals surface area contributed by atoms with Crippen LogP contribution < -0.4 is 4.74 Å². The Kier molecular flexibility index (Phi) is 5.36. The fraction of sp³-hybridized carbons (Fsp3) is 0.444. The smallest absolute Gasteiger partial charge is 0.284 e. The van der Waals surface area contributed by atoms with Crippen molar-refractivity contribution in [2.75, 3.05) is 6.61 Å². The van der Waals surface area contributed by atoms with Gasteiger partial charge in [0.2, 0.25) is 0 Å². The van der Waals surface area contributed by atoms with E-state index in [9.17, 15) is 4.79 Å². The lowest BCUT2D eigenvalue weighted by Gasteiger charge is -2.07. The lowest BCUT2D eigenvalue weighted by molar-refractivity contribution is 0.0818. The van der Waals surface area contributed by atoms with Crippen molar-refractivity contribution in [3.05, 3.63) is 46.8 Å². The summed E-state index contributed by atoms with van der Waals surface area (Å²) in [5.74, 6) is 0.573. The number of aromatic nitrogens is 2. The monoisotopic (exact) mass is 300 g/mol. The van der Waals surface area contributed by atoms with Gasteiger partial charge in [-0.25, -0.2) is 4.68 Å². The summed E-state index contributed by atoms with van der Waals surface area (Å²) in [5.41, 5.74) is 4.28. The van der Waals surface area contributed by atoms with Crippen molar-refractivity contribution in [3.63, 3.8) is 0 Å². The average Bonchev–Trinajstić information content (AvgIpc) is 2.81. The highest BCUT2D eigenvalue weighted by molar-refractivity contribution is 5.80. The number of ether oxygens (including phenoxy) is 1. The van der Waals surface area contributed by atoms with Gasteiger partial charge in [0.1, 0.15) is 5.75 Å². The van der Waals surface area contributed by atoms with Crippen LogP contribution in [0.3, 0.4) is 0 Å². The molecule has 4 nitrogen and oxygen atoms in total. The largest absolute Gasteiger partial charge is 0.484 e. The Labute approximate surface area is 132 Å². The molecule has 0 bridgehead atoms. The van der Waals surface area contributed by atoms with Gasteiger partial charge in [0.15, 0.2) is 6.61 Å². The van der Waals surface area contributed by atoms with Crippen LogP contribution in [-0.4, -0.2) is 22.3 Å². The fourth-order valence-electron chi connectivity index (χ4n) is 2.56. The van der Waals surface area contributed by atoms with E-state index in [2.05, 4.69) is 18.9 Å². The van der Waals surface area contributed by atoms with Crippen molar-refractivity contribution in [2.24, 2.45) is 0 Å². The maximum atomic E-state index is 12.3. The van der Waals surface area contributed by atoms with Crippen molar-refractivity contribution >= 4 is 5.91 Å².